The van der Waals surface area contributed by atoms with Crippen molar-refractivity contribution >= 4 is 0 Å². The third kappa shape index (κ3) is 8.08. The Morgan fingerprint density at radius 1 is 0.696 bits per heavy atom. The molecule has 0 rings (SSSR count). The van der Waals surface area contributed by atoms with Gasteiger partial charge in [-0.1, -0.05) is 101 Å². The second-order valence-electron chi connectivity index (χ2n) is 9.72. The van der Waals surface area contributed by atoms with Crippen molar-refractivity contribution in [2.45, 2.75) is 120 Å². The van der Waals surface area contributed by atoms with Crippen LogP contribution in [0.5, 0.6) is 0 Å². The monoisotopic (exact) mass is 324 g/mol. The van der Waals surface area contributed by atoms with Crippen LogP contribution in [0, 0.1) is 28.6 Å². The molecule has 0 fully saturated rings. The van der Waals surface area contributed by atoms with Gasteiger partial charge in [-0.05, 0) is 47.8 Å². The first-order chi connectivity index (χ1) is 10.6. The Morgan fingerprint density at radius 3 is 1.74 bits per heavy atom. The molecule has 4 unspecified atom stereocenters. The van der Waals surface area contributed by atoms with Crippen LogP contribution < -0.4 is 0 Å². The van der Waals surface area contributed by atoms with Crippen molar-refractivity contribution in [3.05, 3.63) is 0 Å². The highest BCUT2D eigenvalue weighted by Gasteiger charge is 2.39. The van der Waals surface area contributed by atoms with Gasteiger partial charge in [0.25, 0.3) is 0 Å². The molecule has 0 aromatic heterocycles. The van der Waals surface area contributed by atoms with Crippen molar-refractivity contribution in [1.82, 2.24) is 0 Å². The molecule has 0 saturated heterocycles. The first-order valence-electron chi connectivity index (χ1n) is 10.6. The summed E-state index contributed by atoms with van der Waals surface area (Å²) in [6.07, 6.45) is 12.5. The molecule has 0 aliphatic rings. The zero-order valence-corrected chi connectivity index (χ0v) is 18.1. The standard InChI is InChI=1S/C23H48/c1-10-13-15-20(5)23(16-12-3,17-19(4)14-11-2)18-21(6)22(7,8)9/h19-21H,10-18H2,1-9H3. The summed E-state index contributed by atoms with van der Waals surface area (Å²) in [7, 11) is 0. The molecule has 23 heavy (non-hydrogen) atoms. The van der Waals surface area contributed by atoms with Gasteiger partial charge in [0.15, 0.2) is 0 Å². The van der Waals surface area contributed by atoms with E-state index in [4.69, 9.17) is 0 Å². The van der Waals surface area contributed by atoms with Crippen LogP contribution in [0.4, 0.5) is 0 Å². The molecule has 0 N–H and O–H groups in total. The van der Waals surface area contributed by atoms with Gasteiger partial charge in [0.2, 0.25) is 0 Å². The fraction of sp³-hybridized carbons (Fsp3) is 1.00. The van der Waals surface area contributed by atoms with Gasteiger partial charge in [-0.3, -0.25) is 0 Å². The zero-order chi connectivity index (χ0) is 18.1. The maximum Gasteiger partial charge on any atom is -0.0267 e. The molecular formula is C23H48. The minimum Gasteiger partial charge on any atom is -0.0654 e. The lowest BCUT2D eigenvalue weighted by molar-refractivity contribution is 0.0465. The number of unbranched alkanes of at least 4 members (excludes halogenated alkanes) is 1. The normalized spacial score (nSPS) is 19.2. The van der Waals surface area contributed by atoms with E-state index in [1.54, 1.807) is 0 Å². The maximum atomic E-state index is 2.57. The molecule has 0 aliphatic heterocycles. The van der Waals surface area contributed by atoms with Crippen molar-refractivity contribution in [3.63, 3.8) is 0 Å². The summed E-state index contributed by atoms with van der Waals surface area (Å²) in [5.74, 6) is 2.54. The molecule has 0 heterocycles. The molecule has 0 radical (unpaired) electrons. The molecule has 0 aromatic carbocycles. The van der Waals surface area contributed by atoms with Gasteiger partial charge in [0.05, 0.1) is 0 Å². The van der Waals surface area contributed by atoms with E-state index in [9.17, 15) is 0 Å². The highest BCUT2D eigenvalue weighted by molar-refractivity contribution is 4.89. The largest absolute Gasteiger partial charge is 0.0654 e. The van der Waals surface area contributed by atoms with Crippen molar-refractivity contribution in [3.8, 4) is 0 Å². The first kappa shape index (κ1) is 23.0. The van der Waals surface area contributed by atoms with E-state index in [0.29, 0.717) is 10.8 Å². The summed E-state index contributed by atoms with van der Waals surface area (Å²) >= 11 is 0. The Labute approximate surface area is 149 Å². The van der Waals surface area contributed by atoms with Crippen LogP contribution in [0.2, 0.25) is 0 Å². The van der Waals surface area contributed by atoms with Crippen LogP contribution in [0.25, 0.3) is 0 Å². The van der Waals surface area contributed by atoms with E-state index in [2.05, 4.69) is 62.3 Å². The van der Waals surface area contributed by atoms with Gasteiger partial charge < -0.3 is 0 Å². The second kappa shape index (κ2) is 10.8. The Morgan fingerprint density at radius 2 is 1.30 bits per heavy atom. The molecule has 0 heteroatoms. The highest BCUT2D eigenvalue weighted by Crippen LogP contribution is 2.49. The molecule has 0 saturated carbocycles. The average Bonchev–Trinajstić information content (AvgIpc) is 2.43. The van der Waals surface area contributed by atoms with Crippen molar-refractivity contribution < 1.29 is 0 Å². The highest BCUT2D eigenvalue weighted by atomic mass is 14.4. The van der Waals surface area contributed by atoms with Crippen LogP contribution in [-0.4, -0.2) is 0 Å². The quantitative estimate of drug-likeness (QED) is 0.337. The lowest BCUT2D eigenvalue weighted by Crippen LogP contribution is -2.36. The van der Waals surface area contributed by atoms with Crippen LogP contribution in [0.3, 0.4) is 0 Å². The second-order valence-corrected chi connectivity index (χ2v) is 9.72. The fourth-order valence-corrected chi connectivity index (χ4v) is 4.46. The van der Waals surface area contributed by atoms with Crippen LogP contribution in [-0.2, 0) is 0 Å². The van der Waals surface area contributed by atoms with Crippen molar-refractivity contribution in [1.29, 1.82) is 0 Å². The van der Waals surface area contributed by atoms with E-state index in [-0.39, 0.29) is 0 Å². The summed E-state index contributed by atoms with van der Waals surface area (Å²) in [6, 6.07) is 0. The molecule has 0 aliphatic carbocycles. The molecule has 0 nitrogen and oxygen atoms in total. The first-order valence-corrected chi connectivity index (χ1v) is 10.6. The zero-order valence-electron chi connectivity index (χ0n) is 18.1. The van der Waals surface area contributed by atoms with Crippen molar-refractivity contribution in [2.75, 3.05) is 0 Å². The number of rotatable bonds is 12. The molecule has 0 aromatic rings. The molecular weight excluding hydrogens is 276 g/mol. The molecule has 0 amide bonds. The van der Waals surface area contributed by atoms with Gasteiger partial charge in [-0.25, -0.2) is 0 Å². The molecule has 140 valence electrons. The van der Waals surface area contributed by atoms with E-state index in [1.165, 1.54) is 57.8 Å². The Hall–Kier alpha value is 0. The third-order valence-electron chi connectivity index (χ3n) is 6.51. The van der Waals surface area contributed by atoms with E-state index in [0.717, 1.165) is 17.8 Å². The van der Waals surface area contributed by atoms with Gasteiger partial charge in [0.1, 0.15) is 0 Å². The SMILES string of the molecule is CCCCC(C)C(CCC)(CC(C)CCC)CC(C)C(C)(C)C. The van der Waals surface area contributed by atoms with Gasteiger partial charge in [0, 0.05) is 0 Å². The topological polar surface area (TPSA) is 0 Å². The van der Waals surface area contributed by atoms with E-state index in [1.807, 2.05) is 0 Å². The smallest absolute Gasteiger partial charge is 0.0267 e. The summed E-state index contributed by atoms with van der Waals surface area (Å²) in [4.78, 5) is 0. The summed E-state index contributed by atoms with van der Waals surface area (Å²) in [6.45, 7) is 21.9. The summed E-state index contributed by atoms with van der Waals surface area (Å²) < 4.78 is 0. The lowest BCUT2D eigenvalue weighted by atomic mass is 9.60. The predicted molar refractivity (Wildman–Crippen MR) is 108 cm³/mol. The summed E-state index contributed by atoms with van der Waals surface area (Å²) in [5, 5.41) is 0. The van der Waals surface area contributed by atoms with Gasteiger partial charge >= 0.3 is 0 Å². The Bertz CT molecular complexity index is 285. The fourth-order valence-electron chi connectivity index (χ4n) is 4.46. The summed E-state index contributed by atoms with van der Waals surface area (Å²) in [5.41, 5.74) is 0.989. The predicted octanol–water partition coefficient (Wildman–Crippen LogP) is 8.50. The third-order valence-corrected chi connectivity index (χ3v) is 6.51. The van der Waals surface area contributed by atoms with E-state index < -0.39 is 0 Å². The van der Waals surface area contributed by atoms with E-state index >= 15 is 0 Å². The Balaban J connectivity index is 5.37. The maximum absolute atomic E-state index is 2.57. The van der Waals surface area contributed by atoms with Crippen LogP contribution in [0.15, 0.2) is 0 Å². The van der Waals surface area contributed by atoms with Crippen LogP contribution >= 0.6 is 0 Å². The van der Waals surface area contributed by atoms with Gasteiger partial charge in [-0.15, -0.1) is 0 Å². The van der Waals surface area contributed by atoms with Crippen molar-refractivity contribution in [2.24, 2.45) is 28.6 Å². The lowest BCUT2D eigenvalue weighted by Gasteiger charge is -2.46. The molecule has 4 atom stereocenters. The van der Waals surface area contributed by atoms with Crippen LogP contribution in [0.1, 0.15) is 120 Å². The van der Waals surface area contributed by atoms with Gasteiger partial charge in [-0.2, -0.15) is 0 Å². The number of hydrogen-bond donors (Lipinski definition) is 0. The Kier molecular flexibility index (Phi) is 10.8. The minimum atomic E-state index is 0.428. The molecule has 0 spiro atoms. The average molecular weight is 325 g/mol. The minimum absolute atomic E-state index is 0.428. The number of hydrogen-bond acceptors (Lipinski definition) is 0. The molecule has 0 bridgehead atoms.